The summed E-state index contributed by atoms with van der Waals surface area (Å²) in [6.07, 6.45) is 4.64. The zero-order valence-electron chi connectivity index (χ0n) is 23.5. The fraction of sp³-hybridized carbons (Fsp3) is 0.414. The maximum atomic E-state index is 13.0. The molecule has 1 saturated heterocycles. The van der Waals surface area contributed by atoms with Crippen molar-refractivity contribution in [3.8, 4) is 21.8 Å². The summed E-state index contributed by atoms with van der Waals surface area (Å²) in [6.45, 7) is 7.89. The van der Waals surface area contributed by atoms with Gasteiger partial charge in [-0.2, -0.15) is 5.10 Å². The number of fused-ring (bicyclic) bond motifs is 1. The predicted molar refractivity (Wildman–Crippen MR) is 159 cm³/mol. The molecule has 0 radical (unpaired) electrons. The van der Waals surface area contributed by atoms with Crippen LogP contribution in [0.2, 0.25) is 0 Å². The number of likely N-dealkylation sites (N-methyl/N-ethyl adjacent to an activating group) is 1. The zero-order valence-corrected chi connectivity index (χ0v) is 24.3. The van der Waals surface area contributed by atoms with E-state index >= 15 is 0 Å². The topological polar surface area (TPSA) is 122 Å². The molecular formula is C29H35FN8O2S. The van der Waals surface area contributed by atoms with Crippen LogP contribution in [0.5, 0.6) is 0 Å². The van der Waals surface area contributed by atoms with E-state index in [-0.39, 0.29) is 18.5 Å². The summed E-state index contributed by atoms with van der Waals surface area (Å²) in [7, 11) is 0. The van der Waals surface area contributed by atoms with Crippen LogP contribution in [0.25, 0.3) is 27.5 Å². The van der Waals surface area contributed by atoms with Crippen LogP contribution in [-0.2, 0) is 11.2 Å². The van der Waals surface area contributed by atoms with E-state index in [1.807, 2.05) is 34.7 Å². The van der Waals surface area contributed by atoms with Crippen molar-refractivity contribution in [3.05, 3.63) is 53.2 Å². The van der Waals surface area contributed by atoms with E-state index in [0.29, 0.717) is 53.2 Å². The number of carbonyl (C=O) groups excluding carboxylic acids is 2. The summed E-state index contributed by atoms with van der Waals surface area (Å²) in [5.74, 6) is -0.294. The van der Waals surface area contributed by atoms with Gasteiger partial charge in [0.25, 0.3) is 0 Å². The highest BCUT2D eigenvalue weighted by Gasteiger charge is 2.38. The molecule has 0 unspecified atom stereocenters. The Morgan fingerprint density at radius 1 is 1.24 bits per heavy atom. The van der Waals surface area contributed by atoms with Gasteiger partial charge in [0.05, 0.1) is 28.0 Å². The number of aromatic nitrogens is 4. The van der Waals surface area contributed by atoms with Crippen LogP contribution in [0.4, 0.5) is 10.2 Å². The molecule has 2 atom stereocenters. The minimum Gasteiger partial charge on any atom is -0.366 e. The lowest BCUT2D eigenvalue weighted by Gasteiger charge is -2.42. The van der Waals surface area contributed by atoms with E-state index < -0.39 is 18.6 Å². The number of carbonyl (C=O) groups is 2. The van der Waals surface area contributed by atoms with Gasteiger partial charge in [0.1, 0.15) is 18.5 Å². The van der Waals surface area contributed by atoms with E-state index in [9.17, 15) is 14.0 Å². The monoisotopic (exact) mass is 578 g/mol. The SMILES string of the molecule is CCN(CC)[C@@H](C)Cc1c(C(N)=O)cc(-c2cnn3ccc(-c4cccs4)nc23)nc1N1CC[C@H]1C(=O)NCCF. The van der Waals surface area contributed by atoms with Crippen LogP contribution in [0.15, 0.2) is 42.0 Å². The maximum Gasteiger partial charge on any atom is 0.249 e. The number of nitrogens with one attached hydrogen (secondary N) is 1. The number of nitrogens with zero attached hydrogens (tertiary/aromatic N) is 6. The van der Waals surface area contributed by atoms with Crippen LogP contribution in [0.1, 0.15) is 43.1 Å². The van der Waals surface area contributed by atoms with E-state index in [1.165, 1.54) is 0 Å². The Kier molecular flexibility index (Phi) is 8.60. The number of alkyl halides is 1. The Hall–Kier alpha value is -3.90. The number of amides is 2. The van der Waals surface area contributed by atoms with Gasteiger partial charge in [0, 0.05) is 36.5 Å². The minimum absolute atomic E-state index is 0.0460. The lowest BCUT2D eigenvalue weighted by molar-refractivity contribution is -0.123. The first-order chi connectivity index (χ1) is 19.9. The Morgan fingerprint density at radius 2 is 2.05 bits per heavy atom. The molecule has 3 N–H and O–H groups in total. The van der Waals surface area contributed by atoms with Gasteiger partial charge in [0.15, 0.2) is 5.65 Å². The minimum atomic E-state index is -0.639. The molecule has 1 aliphatic heterocycles. The fourth-order valence-electron chi connectivity index (χ4n) is 5.44. The highest BCUT2D eigenvalue weighted by atomic mass is 32.1. The molecule has 5 heterocycles. The molecule has 4 aromatic heterocycles. The molecular weight excluding hydrogens is 543 g/mol. The van der Waals surface area contributed by atoms with Crippen LogP contribution in [-0.4, -0.2) is 81.2 Å². The van der Waals surface area contributed by atoms with Gasteiger partial charge in [-0.05, 0) is 56.4 Å². The third-order valence-electron chi connectivity index (χ3n) is 7.71. The number of primary amides is 1. The van der Waals surface area contributed by atoms with Gasteiger partial charge < -0.3 is 20.9 Å². The molecule has 0 aromatic carbocycles. The number of pyridine rings is 1. The molecule has 4 aromatic rings. The number of thiophene rings is 1. The van der Waals surface area contributed by atoms with Gasteiger partial charge in [-0.25, -0.2) is 18.9 Å². The highest BCUT2D eigenvalue weighted by Crippen LogP contribution is 2.36. The van der Waals surface area contributed by atoms with Crippen molar-refractivity contribution < 1.29 is 14.0 Å². The molecule has 0 aliphatic carbocycles. The van der Waals surface area contributed by atoms with Crippen molar-refractivity contribution >= 4 is 34.6 Å². The first-order valence-electron chi connectivity index (χ1n) is 13.9. The van der Waals surface area contributed by atoms with Crippen LogP contribution in [0, 0.1) is 0 Å². The zero-order chi connectivity index (χ0) is 29.1. The third kappa shape index (κ3) is 5.66. The average molecular weight is 579 g/mol. The van der Waals surface area contributed by atoms with E-state index in [2.05, 4.69) is 36.1 Å². The second-order valence-electron chi connectivity index (χ2n) is 10.1. The van der Waals surface area contributed by atoms with E-state index in [4.69, 9.17) is 15.7 Å². The smallest absolute Gasteiger partial charge is 0.249 e. The molecule has 10 nitrogen and oxygen atoms in total. The van der Waals surface area contributed by atoms with E-state index in [0.717, 1.165) is 23.7 Å². The van der Waals surface area contributed by atoms with Crippen molar-refractivity contribution in [2.45, 2.75) is 45.7 Å². The van der Waals surface area contributed by atoms with Gasteiger partial charge in [0.2, 0.25) is 11.8 Å². The standard InChI is InChI=1S/C29H35FN8O2S/c1-4-36(5-2)18(3)15-20-19(26(31)39)16-23(35-27(20)37-12-9-24(37)29(40)32-11-10-30)21-17-33-38-13-8-22(34-28(21)38)25-7-6-14-41-25/h6-8,13-14,16-18,24H,4-5,9-12,15H2,1-3H3,(H2,31,39)(H,32,40)/t18-,24-/m0/s1. The van der Waals surface area contributed by atoms with Gasteiger partial charge in [-0.3, -0.25) is 9.59 Å². The fourth-order valence-corrected chi connectivity index (χ4v) is 6.13. The van der Waals surface area contributed by atoms with Gasteiger partial charge in [-0.1, -0.05) is 19.9 Å². The Balaban J connectivity index is 1.64. The summed E-state index contributed by atoms with van der Waals surface area (Å²) in [5, 5.41) is 9.12. The van der Waals surface area contributed by atoms with Crippen molar-refractivity contribution in [1.82, 2.24) is 29.8 Å². The Labute approximate surface area is 242 Å². The summed E-state index contributed by atoms with van der Waals surface area (Å²) in [6, 6.07) is 7.18. The van der Waals surface area contributed by atoms with Crippen LogP contribution >= 0.6 is 11.3 Å². The number of anilines is 1. The van der Waals surface area contributed by atoms with Crippen molar-refractivity contribution in [2.75, 3.05) is 37.8 Å². The molecule has 0 saturated carbocycles. The van der Waals surface area contributed by atoms with E-state index in [1.54, 1.807) is 28.1 Å². The number of rotatable bonds is 12. The predicted octanol–water partition coefficient (Wildman–Crippen LogP) is 3.56. The molecule has 0 spiro atoms. The second kappa shape index (κ2) is 12.3. The van der Waals surface area contributed by atoms with Crippen LogP contribution < -0.4 is 16.0 Å². The lowest BCUT2D eigenvalue weighted by Crippen LogP contribution is -2.57. The normalized spacial score (nSPS) is 15.7. The maximum absolute atomic E-state index is 13.0. The van der Waals surface area contributed by atoms with Gasteiger partial charge >= 0.3 is 0 Å². The molecule has 1 aliphatic rings. The largest absolute Gasteiger partial charge is 0.366 e. The first kappa shape index (κ1) is 28.6. The second-order valence-corrected chi connectivity index (χ2v) is 11.0. The quantitative estimate of drug-likeness (QED) is 0.264. The number of halogens is 1. The lowest BCUT2D eigenvalue weighted by atomic mass is 9.94. The molecule has 1 fully saturated rings. The third-order valence-corrected chi connectivity index (χ3v) is 8.60. The number of nitrogens with two attached hydrogens (primary N) is 1. The Morgan fingerprint density at radius 3 is 2.68 bits per heavy atom. The molecule has 2 amide bonds. The summed E-state index contributed by atoms with van der Waals surface area (Å²) in [4.78, 5) is 41.0. The summed E-state index contributed by atoms with van der Waals surface area (Å²) < 4.78 is 14.5. The first-order valence-corrected chi connectivity index (χ1v) is 14.8. The van der Waals surface area contributed by atoms with Crippen molar-refractivity contribution in [1.29, 1.82) is 0 Å². The van der Waals surface area contributed by atoms with Crippen molar-refractivity contribution in [3.63, 3.8) is 0 Å². The summed E-state index contributed by atoms with van der Waals surface area (Å²) in [5.41, 5.74) is 9.59. The average Bonchev–Trinajstić information content (AvgIpc) is 3.63. The molecule has 41 heavy (non-hydrogen) atoms. The molecule has 216 valence electrons. The molecule has 0 bridgehead atoms. The highest BCUT2D eigenvalue weighted by molar-refractivity contribution is 7.13. The van der Waals surface area contributed by atoms with Gasteiger partial charge in [-0.15, -0.1) is 11.3 Å². The van der Waals surface area contributed by atoms with Crippen molar-refractivity contribution in [2.24, 2.45) is 5.73 Å². The molecule has 12 heteroatoms. The number of hydrogen-bond donors (Lipinski definition) is 2. The molecule has 5 rings (SSSR count). The summed E-state index contributed by atoms with van der Waals surface area (Å²) >= 11 is 1.59. The van der Waals surface area contributed by atoms with Crippen LogP contribution in [0.3, 0.4) is 0 Å². The Bertz CT molecular complexity index is 1540. The number of hydrogen-bond acceptors (Lipinski definition) is 8.